The van der Waals surface area contributed by atoms with Gasteiger partial charge in [-0.1, -0.05) is 30.3 Å². The van der Waals surface area contributed by atoms with Crippen molar-refractivity contribution in [3.63, 3.8) is 0 Å². The fourth-order valence-corrected chi connectivity index (χ4v) is 4.71. The van der Waals surface area contributed by atoms with Crippen LogP contribution in [0.1, 0.15) is 37.3 Å². The molecule has 3 rings (SSSR count). The maximum Gasteiger partial charge on any atom is 0.240 e. The molecule has 1 aliphatic rings. The predicted molar refractivity (Wildman–Crippen MR) is 116 cm³/mol. The third kappa shape index (κ3) is 4.96. The number of imide groups is 1. The second-order valence-electron chi connectivity index (χ2n) is 7.80. The zero-order valence-corrected chi connectivity index (χ0v) is 18.2. The number of carbonyl (C=O) groups excluding carboxylic acids is 3. The first-order valence-corrected chi connectivity index (χ1v) is 11.1. The average molecular weight is 429 g/mol. The lowest BCUT2D eigenvalue weighted by atomic mass is 9.75. The van der Waals surface area contributed by atoms with Crippen LogP contribution in [0.4, 0.5) is 0 Å². The predicted octanol–water partition coefficient (Wildman–Crippen LogP) is 2.92. The van der Waals surface area contributed by atoms with Crippen molar-refractivity contribution in [1.29, 1.82) is 0 Å². The lowest BCUT2D eigenvalue weighted by molar-refractivity contribution is -0.141. The van der Waals surface area contributed by atoms with Crippen molar-refractivity contribution >= 4 is 29.1 Å². The monoisotopic (exact) mass is 428 g/mol. The summed E-state index contributed by atoms with van der Waals surface area (Å²) in [5.74, 6) is -0.754. The highest BCUT2D eigenvalue weighted by molar-refractivity contribution is 7.07. The molecule has 1 aromatic carbocycles. The fraction of sp³-hybridized carbons (Fsp3) is 0.435. The Bertz CT molecular complexity index is 869. The normalized spacial score (nSPS) is 19.9. The van der Waals surface area contributed by atoms with Crippen molar-refractivity contribution in [1.82, 2.24) is 10.2 Å². The van der Waals surface area contributed by atoms with E-state index in [1.165, 1.54) is 10.5 Å². The molecule has 0 aliphatic carbocycles. The first-order chi connectivity index (χ1) is 14.5. The van der Waals surface area contributed by atoms with Gasteiger partial charge in [0.05, 0.1) is 5.41 Å². The van der Waals surface area contributed by atoms with E-state index in [0.29, 0.717) is 25.1 Å². The molecule has 0 spiro atoms. The van der Waals surface area contributed by atoms with Gasteiger partial charge in [0.1, 0.15) is 0 Å². The van der Waals surface area contributed by atoms with E-state index in [1.807, 2.05) is 48.7 Å². The minimum atomic E-state index is -1.16. The molecular weight excluding hydrogens is 400 g/mol. The zero-order valence-electron chi connectivity index (χ0n) is 17.4. The van der Waals surface area contributed by atoms with E-state index < -0.39 is 5.41 Å². The van der Waals surface area contributed by atoms with Crippen LogP contribution in [0.25, 0.3) is 0 Å². The van der Waals surface area contributed by atoms with Crippen molar-refractivity contribution in [2.75, 3.05) is 20.3 Å². The van der Waals surface area contributed by atoms with E-state index in [2.05, 4.69) is 10.7 Å². The Morgan fingerprint density at radius 1 is 1.27 bits per heavy atom. The zero-order chi connectivity index (χ0) is 21.6. The van der Waals surface area contributed by atoms with Crippen LogP contribution in [0.2, 0.25) is 0 Å². The summed E-state index contributed by atoms with van der Waals surface area (Å²) in [6, 6.07) is 11.1. The summed E-state index contributed by atoms with van der Waals surface area (Å²) < 4.78 is 5.05. The van der Waals surface area contributed by atoms with Crippen LogP contribution in [-0.2, 0) is 31.0 Å². The number of amides is 3. The highest BCUT2D eigenvalue weighted by Crippen LogP contribution is 2.40. The Morgan fingerprint density at radius 3 is 2.70 bits per heavy atom. The van der Waals surface area contributed by atoms with Crippen molar-refractivity contribution < 1.29 is 19.1 Å². The summed E-state index contributed by atoms with van der Waals surface area (Å²) >= 11 is 1.62. The lowest BCUT2D eigenvalue weighted by Crippen LogP contribution is -2.44. The van der Waals surface area contributed by atoms with Crippen molar-refractivity contribution in [2.45, 2.75) is 44.1 Å². The number of benzene rings is 1. The van der Waals surface area contributed by atoms with Crippen molar-refractivity contribution in [3.05, 3.63) is 58.3 Å². The summed E-state index contributed by atoms with van der Waals surface area (Å²) in [6.45, 7) is 2.72. The average Bonchev–Trinajstić information content (AvgIpc) is 3.31. The molecule has 7 heteroatoms. The summed E-state index contributed by atoms with van der Waals surface area (Å²) in [7, 11) is 1.59. The van der Waals surface area contributed by atoms with Gasteiger partial charge in [-0.05, 0) is 47.7 Å². The lowest BCUT2D eigenvalue weighted by Gasteiger charge is -2.27. The number of rotatable bonds is 10. The molecule has 0 saturated carbocycles. The van der Waals surface area contributed by atoms with E-state index in [-0.39, 0.29) is 36.6 Å². The molecule has 30 heavy (non-hydrogen) atoms. The molecule has 1 aromatic heterocycles. The number of likely N-dealkylation sites (tertiary alicyclic amines) is 1. The number of hydrogen-bond donors (Lipinski definition) is 1. The van der Waals surface area contributed by atoms with Gasteiger partial charge in [0.15, 0.2) is 0 Å². The van der Waals surface area contributed by atoms with Crippen molar-refractivity contribution in [3.8, 4) is 0 Å². The molecule has 160 valence electrons. The van der Waals surface area contributed by atoms with Gasteiger partial charge in [0, 0.05) is 39.1 Å². The van der Waals surface area contributed by atoms with Crippen LogP contribution in [0, 0.1) is 0 Å². The van der Waals surface area contributed by atoms with Crippen LogP contribution in [0.5, 0.6) is 0 Å². The SMILES string of the molecule is COCCCN1C(=O)CC(CC(=O)NC(C)Cc2ccsc2)(c2ccccc2)C1=O. The van der Waals surface area contributed by atoms with Gasteiger partial charge in [-0.3, -0.25) is 19.3 Å². The first-order valence-electron chi connectivity index (χ1n) is 10.2. The molecule has 2 aromatic rings. The topological polar surface area (TPSA) is 75.7 Å². The molecule has 1 N–H and O–H groups in total. The number of carbonyl (C=O) groups is 3. The quantitative estimate of drug-likeness (QED) is 0.466. The third-order valence-electron chi connectivity index (χ3n) is 5.46. The van der Waals surface area contributed by atoms with Gasteiger partial charge < -0.3 is 10.1 Å². The molecule has 1 aliphatic heterocycles. The minimum Gasteiger partial charge on any atom is -0.385 e. The van der Waals surface area contributed by atoms with E-state index >= 15 is 0 Å². The number of nitrogens with one attached hydrogen (secondary N) is 1. The van der Waals surface area contributed by atoms with Gasteiger partial charge in [0.2, 0.25) is 17.7 Å². The summed E-state index contributed by atoms with van der Waals surface area (Å²) in [6.07, 6.45) is 1.26. The third-order valence-corrected chi connectivity index (χ3v) is 6.19. The smallest absolute Gasteiger partial charge is 0.240 e. The number of thiophene rings is 1. The molecule has 1 saturated heterocycles. The number of nitrogens with zero attached hydrogens (tertiary/aromatic N) is 1. The van der Waals surface area contributed by atoms with Gasteiger partial charge in [-0.25, -0.2) is 0 Å². The highest BCUT2D eigenvalue weighted by Gasteiger charge is 2.53. The number of ether oxygens (including phenoxy) is 1. The summed E-state index contributed by atoms with van der Waals surface area (Å²) in [5, 5.41) is 7.08. The van der Waals surface area contributed by atoms with Crippen LogP contribution in [0.15, 0.2) is 47.2 Å². The highest BCUT2D eigenvalue weighted by atomic mass is 32.1. The van der Waals surface area contributed by atoms with Crippen LogP contribution >= 0.6 is 11.3 Å². The summed E-state index contributed by atoms with van der Waals surface area (Å²) in [4.78, 5) is 40.3. The molecule has 2 heterocycles. The largest absolute Gasteiger partial charge is 0.385 e. The van der Waals surface area contributed by atoms with Gasteiger partial charge >= 0.3 is 0 Å². The van der Waals surface area contributed by atoms with Crippen LogP contribution in [-0.4, -0.2) is 48.9 Å². The fourth-order valence-electron chi connectivity index (χ4n) is 4.03. The van der Waals surface area contributed by atoms with Crippen LogP contribution < -0.4 is 5.32 Å². The Balaban J connectivity index is 1.77. The Kier molecular flexibility index (Phi) is 7.39. The molecule has 3 amide bonds. The van der Waals surface area contributed by atoms with Crippen molar-refractivity contribution in [2.24, 2.45) is 0 Å². The maximum atomic E-state index is 13.4. The molecule has 2 unspecified atom stereocenters. The van der Waals surface area contributed by atoms with E-state index in [0.717, 1.165) is 6.42 Å². The molecular formula is C23H28N2O4S. The molecule has 1 fully saturated rings. The van der Waals surface area contributed by atoms with Gasteiger partial charge in [-0.2, -0.15) is 11.3 Å². The second kappa shape index (κ2) is 10.00. The molecule has 2 atom stereocenters. The van der Waals surface area contributed by atoms with E-state index in [9.17, 15) is 14.4 Å². The Morgan fingerprint density at radius 2 is 2.03 bits per heavy atom. The molecule has 0 bridgehead atoms. The summed E-state index contributed by atoms with van der Waals surface area (Å²) in [5.41, 5.74) is 0.720. The Labute approximate surface area is 181 Å². The van der Waals surface area contributed by atoms with Gasteiger partial charge in [0.25, 0.3) is 0 Å². The second-order valence-corrected chi connectivity index (χ2v) is 8.58. The van der Waals surface area contributed by atoms with Crippen LogP contribution in [0.3, 0.4) is 0 Å². The number of methoxy groups -OCH3 is 1. The standard InChI is InChI=1S/C23H28N2O4S/c1-17(13-18-9-12-30-16-18)24-20(26)14-23(19-7-4-3-5-8-19)15-21(27)25(22(23)28)10-6-11-29-2/h3-5,7-9,12,16-17H,6,10-11,13-15H2,1-2H3,(H,24,26). The van der Waals surface area contributed by atoms with E-state index in [4.69, 9.17) is 4.74 Å². The maximum absolute atomic E-state index is 13.4. The molecule has 0 radical (unpaired) electrons. The minimum absolute atomic E-state index is 0.00909. The first kappa shape index (κ1) is 22.2. The van der Waals surface area contributed by atoms with E-state index in [1.54, 1.807) is 18.4 Å². The number of hydrogen-bond acceptors (Lipinski definition) is 5. The molecule has 6 nitrogen and oxygen atoms in total. The van der Waals surface area contributed by atoms with Gasteiger partial charge in [-0.15, -0.1) is 0 Å². The Hall–Kier alpha value is -2.51.